The highest BCUT2D eigenvalue weighted by Crippen LogP contribution is 2.31. The van der Waals surface area contributed by atoms with E-state index < -0.39 is 5.06 Å². The summed E-state index contributed by atoms with van der Waals surface area (Å²) in [4.78, 5) is 0. The molecule has 0 saturated carbocycles. The average molecular weight is 221 g/mol. The van der Waals surface area contributed by atoms with Crippen LogP contribution in [-0.4, -0.2) is 10.2 Å². The van der Waals surface area contributed by atoms with Crippen LogP contribution in [0.4, 0.5) is 0 Å². The lowest BCUT2D eigenvalue weighted by Crippen LogP contribution is -2.31. The third-order valence-electron chi connectivity index (χ3n) is 2.60. The van der Waals surface area contributed by atoms with Gasteiger partial charge in [0.2, 0.25) is 0 Å². The van der Waals surface area contributed by atoms with Crippen LogP contribution in [0.3, 0.4) is 0 Å². The molecule has 1 aliphatic rings. The van der Waals surface area contributed by atoms with Crippen LogP contribution in [0.2, 0.25) is 0 Å². The zero-order valence-electron chi connectivity index (χ0n) is 8.31. The summed E-state index contributed by atoms with van der Waals surface area (Å²) in [6, 6.07) is 10.0. The van der Waals surface area contributed by atoms with Crippen LogP contribution in [-0.2, 0) is 6.42 Å². The van der Waals surface area contributed by atoms with Crippen LogP contribution in [0.25, 0.3) is 0 Å². The van der Waals surface area contributed by atoms with Crippen LogP contribution in [0.5, 0.6) is 0 Å². The van der Waals surface area contributed by atoms with Gasteiger partial charge >= 0.3 is 0 Å². The van der Waals surface area contributed by atoms with E-state index in [1.54, 1.807) is 12.2 Å². The Morgan fingerprint density at radius 3 is 2.60 bits per heavy atom. The van der Waals surface area contributed by atoms with Crippen LogP contribution in [0, 0.1) is 5.92 Å². The molecule has 1 nitrogen and oxygen atoms in total. The Morgan fingerprint density at radius 1 is 1.20 bits per heavy atom. The van der Waals surface area contributed by atoms with Crippen LogP contribution in [0.1, 0.15) is 5.56 Å². The Hall–Kier alpha value is -1.05. The quantitative estimate of drug-likeness (QED) is 0.760. The smallest absolute Gasteiger partial charge is 0.164 e. The largest absolute Gasteiger partial charge is 0.371 e. The van der Waals surface area contributed by atoms with Crippen LogP contribution < -0.4 is 0 Å². The van der Waals surface area contributed by atoms with Gasteiger partial charge in [-0.25, -0.2) is 0 Å². The molecular weight excluding hydrogens is 208 g/mol. The van der Waals surface area contributed by atoms with E-state index >= 15 is 0 Å². The number of aliphatic hydroxyl groups is 1. The van der Waals surface area contributed by atoms with Gasteiger partial charge in [-0.05, 0) is 18.1 Å². The molecule has 0 saturated heterocycles. The molecule has 15 heavy (non-hydrogen) atoms. The summed E-state index contributed by atoms with van der Waals surface area (Å²) in [6.45, 7) is 0. The second kappa shape index (κ2) is 4.21. The molecule has 78 valence electrons. The average Bonchev–Trinajstić information content (AvgIpc) is 2.23. The van der Waals surface area contributed by atoms with E-state index in [-0.39, 0.29) is 5.92 Å². The number of hydrogen-bond acceptors (Lipinski definition) is 1. The van der Waals surface area contributed by atoms with Gasteiger partial charge in [-0.3, -0.25) is 0 Å². The van der Waals surface area contributed by atoms with Crippen molar-refractivity contribution >= 4 is 11.6 Å². The molecule has 0 spiro atoms. The minimum Gasteiger partial charge on any atom is -0.371 e. The fraction of sp³-hybridized carbons (Fsp3) is 0.231. The summed E-state index contributed by atoms with van der Waals surface area (Å²) >= 11 is 6.01. The highest BCUT2D eigenvalue weighted by Gasteiger charge is 2.31. The van der Waals surface area contributed by atoms with Crippen molar-refractivity contribution in [2.24, 2.45) is 5.92 Å². The van der Waals surface area contributed by atoms with E-state index in [0.29, 0.717) is 0 Å². The Balaban J connectivity index is 2.13. The number of allylic oxidation sites excluding steroid dienone is 2. The normalized spacial score (nSPS) is 29.3. The third-order valence-corrected chi connectivity index (χ3v) is 3.01. The Bertz CT molecular complexity index is 379. The zero-order valence-corrected chi connectivity index (χ0v) is 9.06. The molecule has 0 fully saturated rings. The van der Waals surface area contributed by atoms with Crippen molar-refractivity contribution < 1.29 is 5.11 Å². The second-order valence-electron chi connectivity index (χ2n) is 3.77. The van der Waals surface area contributed by atoms with Crippen molar-refractivity contribution in [1.29, 1.82) is 0 Å². The fourth-order valence-electron chi connectivity index (χ4n) is 1.73. The van der Waals surface area contributed by atoms with E-state index in [2.05, 4.69) is 0 Å². The van der Waals surface area contributed by atoms with Crippen LogP contribution in [0.15, 0.2) is 54.6 Å². The predicted molar refractivity (Wildman–Crippen MR) is 62.7 cm³/mol. The molecule has 1 aromatic carbocycles. The van der Waals surface area contributed by atoms with Gasteiger partial charge in [-0.15, -0.1) is 0 Å². The summed E-state index contributed by atoms with van der Waals surface area (Å²) in [5, 5.41) is 8.68. The number of halogens is 1. The number of benzene rings is 1. The maximum absolute atomic E-state index is 9.92. The first-order chi connectivity index (χ1) is 7.18. The second-order valence-corrected chi connectivity index (χ2v) is 4.37. The lowest BCUT2D eigenvalue weighted by atomic mass is 9.90. The first-order valence-corrected chi connectivity index (χ1v) is 5.37. The minimum absolute atomic E-state index is 0.0634. The highest BCUT2D eigenvalue weighted by molar-refractivity contribution is 6.24. The molecular formula is C13H13ClO. The number of hydrogen-bond donors (Lipinski definition) is 1. The summed E-state index contributed by atoms with van der Waals surface area (Å²) < 4.78 is 0. The molecule has 2 atom stereocenters. The molecule has 0 radical (unpaired) electrons. The molecule has 2 unspecified atom stereocenters. The van der Waals surface area contributed by atoms with Crippen LogP contribution >= 0.6 is 11.6 Å². The van der Waals surface area contributed by atoms with Gasteiger partial charge < -0.3 is 5.11 Å². The monoisotopic (exact) mass is 220 g/mol. The summed E-state index contributed by atoms with van der Waals surface area (Å²) in [5.74, 6) is -0.0634. The van der Waals surface area contributed by atoms with Crippen molar-refractivity contribution in [3.63, 3.8) is 0 Å². The first-order valence-electron chi connectivity index (χ1n) is 5.00. The summed E-state index contributed by atoms with van der Waals surface area (Å²) in [6.07, 6.45) is 8.02. The topological polar surface area (TPSA) is 20.2 Å². The van der Waals surface area contributed by atoms with Gasteiger partial charge in [0.05, 0.1) is 0 Å². The Labute approximate surface area is 94.7 Å². The van der Waals surface area contributed by atoms with Gasteiger partial charge in [-0.2, -0.15) is 0 Å². The van der Waals surface area contributed by atoms with Gasteiger partial charge in [0.15, 0.2) is 5.06 Å². The zero-order chi connectivity index (χ0) is 10.7. The van der Waals surface area contributed by atoms with Crippen molar-refractivity contribution in [3.05, 3.63) is 60.2 Å². The van der Waals surface area contributed by atoms with Gasteiger partial charge in [0.25, 0.3) is 0 Å². The predicted octanol–water partition coefficient (Wildman–Crippen LogP) is 2.90. The third kappa shape index (κ3) is 2.49. The minimum atomic E-state index is -1.25. The lowest BCUT2D eigenvalue weighted by Gasteiger charge is -2.27. The van der Waals surface area contributed by atoms with Crippen molar-refractivity contribution in [3.8, 4) is 0 Å². The summed E-state index contributed by atoms with van der Waals surface area (Å²) in [5.41, 5.74) is 1.18. The highest BCUT2D eigenvalue weighted by atomic mass is 35.5. The Morgan fingerprint density at radius 2 is 1.93 bits per heavy atom. The number of alkyl halides is 1. The van der Waals surface area contributed by atoms with E-state index in [0.717, 1.165) is 6.42 Å². The van der Waals surface area contributed by atoms with Gasteiger partial charge in [-0.1, -0.05) is 60.2 Å². The molecule has 1 N–H and O–H groups in total. The fourth-order valence-corrected chi connectivity index (χ4v) is 1.95. The molecule has 2 heteroatoms. The van der Waals surface area contributed by atoms with Crippen molar-refractivity contribution in [2.45, 2.75) is 11.5 Å². The maximum atomic E-state index is 9.92. The summed E-state index contributed by atoms with van der Waals surface area (Å²) in [7, 11) is 0. The molecule has 0 aromatic heterocycles. The number of rotatable bonds is 2. The Kier molecular flexibility index (Phi) is 2.94. The molecule has 0 amide bonds. The molecule has 0 heterocycles. The van der Waals surface area contributed by atoms with E-state index in [1.165, 1.54) is 5.56 Å². The maximum Gasteiger partial charge on any atom is 0.164 e. The van der Waals surface area contributed by atoms with Gasteiger partial charge in [0.1, 0.15) is 0 Å². The van der Waals surface area contributed by atoms with E-state index in [4.69, 9.17) is 11.6 Å². The lowest BCUT2D eigenvalue weighted by molar-refractivity contribution is 0.131. The van der Waals surface area contributed by atoms with Crippen molar-refractivity contribution in [2.75, 3.05) is 0 Å². The molecule has 0 aliphatic heterocycles. The first kappa shape index (κ1) is 10.5. The molecule has 1 aliphatic carbocycles. The van der Waals surface area contributed by atoms with E-state index in [9.17, 15) is 5.11 Å². The molecule has 2 rings (SSSR count). The van der Waals surface area contributed by atoms with Gasteiger partial charge in [0, 0.05) is 5.92 Å². The standard InChI is InChI=1S/C13H13ClO/c14-13(15)9-5-4-8-12(13)10-11-6-2-1-3-7-11/h1-9,12,15H,10H2. The SMILES string of the molecule is OC1(Cl)C=CC=CC1Cc1ccccc1. The molecule has 1 aromatic rings. The molecule has 0 bridgehead atoms. The van der Waals surface area contributed by atoms with Crippen molar-refractivity contribution in [1.82, 2.24) is 0 Å². The van der Waals surface area contributed by atoms with E-state index in [1.807, 2.05) is 42.5 Å².